The van der Waals surface area contributed by atoms with Crippen LogP contribution in [0.2, 0.25) is 0 Å². The van der Waals surface area contributed by atoms with Crippen molar-refractivity contribution in [2.75, 3.05) is 6.61 Å². The molecule has 2 N–H and O–H groups in total. The van der Waals surface area contributed by atoms with Crippen molar-refractivity contribution in [3.63, 3.8) is 0 Å². The summed E-state index contributed by atoms with van der Waals surface area (Å²) in [6, 6.07) is 12.0. The van der Waals surface area contributed by atoms with Crippen LogP contribution < -0.4 is 4.72 Å². The molecular formula is C15H19NO3S. The third kappa shape index (κ3) is 3.00. The van der Waals surface area contributed by atoms with Crippen LogP contribution in [0.15, 0.2) is 47.4 Å². The Bertz CT molecular complexity index is 690. The van der Waals surface area contributed by atoms with Gasteiger partial charge in [-0.1, -0.05) is 50.2 Å². The number of aliphatic hydroxyl groups is 1. The zero-order chi connectivity index (χ0) is 14.8. The van der Waals surface area contributed by atoms with Gasteiger partial charge in [-0.15, -0.1) is 0 Å². The predicted molar refractivity (Wildman–Crippen MR) is 80.0 cm³/mol. The van der Waals surface area contributed by atoms with E-state index < -0.39 is 16.1 Å². The molecule has 2 rings (SSSR count). The summed E-state index contributed by atoms with van der Waals surface area (Å²) in [5.74, 6) is 0.0183. The van der Waals surface area contributed by atoms with Crippen LogP contribution in [0.4, 0.5) is 0 Å². The first kappa shape index (κ1) is 15.0. The van der Waals surface area contributed by atoms with Crippen LogP contribution in [-0.4, -0.2) is 26.2 Å². The van der Waals surface area contributed by atoms with Crippen molar-refractivity contribution in [3.05, 3.63) is 42.5 Å². The minimum atomic E-state index is -3.65. The minimum absolute atomic E-state index is 0.0183. The van der Waals surface area contributed by atoms with E-state index in [-0.39, 0.29) is 17.4 Å². The summed E-state index contributed by atoms with van der Waals surface area (Å²) < 4.78 is 27.6. The summed E-state index contributed by atoms with van der Waals surface area (Å²) in [5.41, 5.74) is 0. The second-order valence-corrected chi connectivity index (χ2v) is 6.81. The van der Waals surface area contributed by atoms with Crippen LogP contribution in [0.5, 0.6) is 0 Å². The molecule has 0 aliphatic rings. The molecule has 1 atom stereocenters. The molecule has 0 saturated carbocycles. The molecule has 0 fully saturated rings. The van der Waals surface area contributed by atoms with Crippen LogP contribution in [0, 0.1) is 5.92 Å². The van der Waals surface area contributed by atoms with Crippen LogP contribution in [0.25, 0.3) is 10.8 Å². The van der Waals surface area contributed by atoms with Crippen molar-refractivity contribution in [2.24, 2.45) is 5.92 Å². The van der Waals surface area contributed by atoms with Crippen molar-refractivity contribution >= 4 is 20.8 Å². The summed E-state index contributed by atoms with van der Waals surface area (Å²) in [4.78, 5) is 0.245. The fourth-order valence-corrected chi connectivity index (χ4v) is 3.68. The van der Waals surface area contributed by atoms with Crippen molar-refractivity contribution in [1.82, 2.24) is 4.72 Å². The number of fused-ring (bicyclic) bond motifs is 1. The number of rotatable bonds is 5. The molecule has 4 nitrogen and oxygen atoms in total. The van der Waals surface area contributed by atoms with Gasteiger partial charge < -0.3 is 5.11 Å². The molecule has 0 spiro atoms. The number of sulfonamides is 1. The Morgan fingerprint density at radius 1 is 1.10 bits per heavy atom. The first-order valence-electron chi connectivity index (χ1n) is 6.56. The maximum Gasteiger partial charge on any atom is 0.241 e. The molecular weight excluding hydrogens is 274 g/mol. The molecule has 108 valence electrons. The third-order valence-corrected chi connectivity index (χ3v) is 4.90. The molecule has 0 bridgehead atoms. The molecule has 0 aliphatic carbocycles. The number of benzene rings is 2. The zero-order valence-electron chi connectivity index (χ0n) is 11.6. The monoisotopic (exact) mass is 293 g/mol. The normalized spacial score (nSPS) is 13.8. The highest BCUT2D eigenvalue weighted by Gasteiger charge is 2.23. The lowest BCUT2D eigenvalue weighted by Gasteiger charge is -2.20. The second-order valence-electron chi connectivity index (χ2n) is 5.13. The van der Waals surface area contributed by atoms with Gasteiger partial charge in [0.1, 0.15) is 0 Å². The Morgan fingerprint density at radius 2 is 1.75 bits per heavy atom. The van der Waals surface area contributed by atoms with Gasteiger partial charge in [0.05, 0.1) is 11.5 Å². The number of hydrogen-bond donors (Lipinski definition) is 2. The van der Waals surface area contributed by atoms with Gasteiger partial charge in [0.15, 0.2) is 0 Å². The third-order valence-electron chi connectivity index (χ3n) is 3.35. The van der Waals surface area contributed by atoms with E-state index in [9.17, 15) is 13.5 Å². The highest BCUT2D eigenvalue weighted by molar-refractivity contribution is 7.89. The van der Waals surface area contributed by atoms with Crippen LogP contribution >= 0.6 is 0 Å². The van der Waals surface area contributed by atoms with Gasteiger partial charge in [0, 0.05) is 11.4 Å². The van der Waals surface area contributed by atoms with Crippen LogP contribution in [0.3, 0.4) is 0 Å². The van der Waals surface area contributed by atoms with E-state index in [1.807, 2.05) is 38.1 Å². The molecule has 0 radical (unpaired) electrons. The topological polar surface area (TPSA) is 66.4 Å². The van der Waals surface area contributed by atoms with Gasteiger partial charge in [0.25, 0.3) is 0 Å². The van der Waals surface area contributed by atoms with E-state index in [0.717, 1.165) is 5.39 Å². The van der Waals surface area contributed by atoms with Gasteiger partial charge >= 0.3 is 0 Å². The van der Waals surface area contributed by atoms with E-state index in [1.54, 1.807) is 18.2 Å². The SMILES string of the molecule is CC(C)C(CO)NS(=O)(=O)c1cccc2ccccc12. The number of nitrogens with one attached hydrogen (secondary N) is 1. The predicted octanol–water partition coefficient (Wildman–Crippen LogP) is 2.13. The fraction of sp³-hybridized carbons (Fsp3) is 0.333. The number of aliphatic hydroxyl groups excluding tert-OH is 1. The molecule has 0 saturated heterocycles. The van der Waals surface area contributed by atoms with Crippen molar-refractivity contribution in [2.45, 2.75) is 24.8 Å². The summed E-state index contributed by atoms with van der Waals surface area (Å²) in [6.07, 6.45) is 0. The Labute approximate surface area is 119 Å². The van der Waals surface area contributed by atoms with E-state index in [2.05, 4.69) is 4.72 Å². The summed E-state index contributed by atoms with van der Waals surface area (Å²) in [6.45, 7) is 3.51. The molecule has 0 heterocycles. The zero-order valence-corrected chi connectivity index (χ0v) is 12.4. The Kier molecular flexibility index (Phi) is 4.42. The maximum atomic E-state index is 12.5. The quantitative estimate of drug-likeness (QED) is 0.887. The van der Waals surface area contributed by atoms with Crippen molar-refractivity contribution < 1.29 is 13.5 Å². The largest absolute Gasteiger partial charge is 0.395 e. The molecule has 2 aromatic rings. The Balaban J connectivity index is 2.47. The van der Waals surface area contributed by atoms with Gasteiger partial charge in [-0.3, -0.25) is 0 Å². The molecule has 0 aromatic heterocycles. The lowest BCUT2D eigenvalue weighted by molar-refractivity contribution is 0.228. The smallest absolute Gasteiger partial charge is 0.241 e. The lowest BCUT2D eigenvalue weighted by atomic mass is 10.1. The van der Waals surface area contributed by atoms with Crippen molar-refractivity contribution in [3.8, 4) is 0 Å². The Hall–Kier alpha value is -1.43. The Morgan fingerprint density at radius 3 is 2.40 bits per heavy atom. The van der Waals surface area contributed by atoms with E-state index in [4.69, 9.17) is 0 Å². The van der Waals surface area contributed by atoms with E-state index >= 15 is 0 Å². The number of hydrogen-bond acceptors (Lipinski definition) is 3. The molecule has 0 aliphatic heterocycles. The first-order chi connectivity index (χ1) is 9.45. The highest BCUT2D eigenvalue weighted by Crippen LogP contribution is 2.23. The molecule has 0 amide bonds. The fourth-order valence-electron chi connectivity index (χ4n) is 2.08. The average Bonchev–Trinajstić information content (AvgIpc) is 2.43. The molecule has 2 aromatic carbocycles. The van der Waals surface area contributed by atoms with Gasteiger partial charge in [-0.2, -0.15) is 0 Å². The first-order valence-corrected chi connectivity index (χ1v) is 8.05. The van der Waals surface area contributed by atoms with E-state index in [0.29, 0.717) is 5.39 Å². The van der Waals surface area contributed by atoms with Crippen LogP contribution in [-0.2, 0) is 10.0 Å². The van der Waals surface area contributed by atoms with Gasteiger partial charge in [0.2, 0.25) is 10.0 Å². The molecule has 1 unspecified atom stereocenters. The van der Waals surface area contributed by atoms with Gasteiger partial charge in [-0.25, -0.2) is 13.1 Å². The highest BCUT2D eigenvalue weighted by atomic mass is 32.2. The second kappa shape index (κ2) is 5.91. The van der Waals surface area contributed by atoms with Crippen molar-refractivity contribution in [1.29, 1.82) is 0 Å². The van der Waals surface area contributed by atoms with Crippen LogP contribution in [0.1, 0.15) is 13.8 Å². The summed E-state index contributed by atoms with van der Waals surface area (Å²) >= 11 is 0. The standard InChI is InChI=1S/C15H19NO3S/c1-11(2)14(10-17)16-20(18,19)15-9-5-7-12-6-3-4-8-13(12)15/h3-9,11,14,16-17H,10H2,1-2H3. The lowest BCUT2D eigenvalue weighted by Crippen LogP contribution is -2.41. The minimum Gasteiger partial charge on any atom is -0.395 e. The molecule has 20 heavy (non-hydrogen) atoms. The summed E-state index contributed by atoms with van der Waals surface area (Å²) in [5, 5.41) is 10.9. The van der Waals surface area contributed by atoms with E-state index in [1.165, 1.54) is 0 Å². The maximum absolute atomic E-state index is 12.5. The average molecular weight is 293 g/mol. The summed E-state index contributed by atoms with van der Waals surface area (Å²) in [7, 11) is -3.65. The van der Waals surface area contributed by atoms with Gasteiger partial charge in [-0.05, 0) is 17.4 Å². The molecule has 5 heteroatoms.